The maximum Gasteiger partial charge on any atom is 0.252 e. The zero-order valence-corrected chi connectivity index (χ0v) is 12.8. The molecular weight excluding hydrogens is 294 g/mol. The lowest BCUT2D eigenvalue weighted by Crippen LogP contribution is -2.25. The summed E-state index contributed by atoms with van der Waals surface area (Å²) in [6.45, 7) is 0.825. The fourth-order valence-corrected chi connectivity index (χ4v) is 4.50. The first-order valence-corrected chi connectivity index (χ1v) is 8.43. The van der Waals surface area contributed by atoms with E-state index in [0.29, 0.717) is 23.7 Å². The molecular formula is C13H17N3O2S2. The summed E-state index contributed by atoms with van der Waals surface area (Å²) < 4.78 is 26.6. The van der Waals surface area contributed by atoms with Crippen LogP contribution in [0.25, 0.3) is 0 Å². The quantitative estimate of drug-likeness (QED) is 0.876. The lowest BCUT2D eigenvalue weighted by Gasteiger charge is -2.15. The van der Waals surface area contributed by atoms with Crippen LogP contribution in [-0.2, 0) is 23.0 Å². The maximum atomic E-state index is 12.4. The van der Waals surface area contributed by atoms with Crippen molar-refractivity contribution in [3.63, 3.8) is 0 Å². The summed E-state index contributed by atoms with van der Waals surface area (Å²) in [7, 11) is -1.88. The Kier molecular flexibility index (Phi) is 4.87. The second-order valence-corrected chi connectivity index (χ2v) is 7.82. The van der Waals surface area contributed by atoms with E-state index >= 15 is 0 Å². The molecule has 0 saturated heterocycles. The van der Waals surface area contributed by atoms with E-state index in [1.807, 2.05) is 12.1 Å². The summed E-state index contributed by atoms with van der Waals surface area (Å²) >= 11 is 1.28. The Morgan fingerprint density at radius 3 is 2.80 bits per heavy atom. The Labute approximate surface area is 123 Å². The van der Waals surface area contributed by atoms with Crippen LogP contribution in [0.5, 0.6) is 0 Å². The minimum atomic E-state index is -3.45. The molecule has 0 atom stereocenters. The largest absolute Gasteiger partial charge is 0.330 e. The number of aromatic nitrogens is 1. The van der Waals surface area contributed by atoms with Crippen molar-refractivity contribution >= 4 is 21.4 Å². The predicted octanol–water partition coefficient (Wildman–Crippen LogP) is 1.47. The average Bonchev–Trinajstić information content (AvgIpc) is 2.89. The van der Waals surface area contributed by atoms with Gasteiger partial charge in [-0.15, -0.1) is 11.3 Å². The number of pyridine rings is 1. The topological polar surface area (TPSA) is 76.3 Å². The lowest BCUT2D eigenvalue weighted by atomic mass is 10.3. The molecule has 2 heterocycles. The third-order valence-corrected chi connectivity index (χ3v) is 6.24. The van der Waals surface area contributed by atoms with Crippen molar-refractivity contribution in [3.8, 4) is 0 Å². The molecule has 0 aliphatic carbocycles. The molecule has 0 unspecified atom stereocenters. The normalized spacial score (nSPS) is 11.9. The van der Waals surface area contributed by atoms with Crippen LogP contribution in [0.15, 0.2) is 40.9 Å². The SMILES string of the molecule is CN(Cc1cccnc1)S(=O)(=O)c1ccc(CCN)s1. The molecule has 108 valence electrons. The van der Waals surface area contributed by atoms with Crippen molar-refractivity contribution in [3.05, 3.63) is 47.1 Å². The molecule has 0 aliphatic rings. The van der Waals surface area contributed by atoms with Crippen molar-refractivity contribution in [2.45, 2.75) is 17.2 Å². The molecule has 2 rings (SSSR count). The first-order valence-electron chi connectivity index (χ1n) is 6.18. The van der Waals surface area contributed by atoms with Crippen LogP contribution in [0, 0.1) is 0 Å². The van der Waals surface area contributed by atoms with E-state index in [-0.39, 0.29) is 0 Å². The Hall–Kier alpha value is -1.28. The third-order valence-electron chi connectivity index (χ3n) is 2.82. The van der Waals surface area contributed by atoms with E-state index in [4.69, 9.17) is 5.73 Å². The number of nitrogens with zero attached hydrogens (tertiary/aromatic N) is 2. The third kappa shape index (κ3) is 3.43. The van der Waals surface area contributed by atoms with Gasteiger partial charge in [-0.3, -0.25) is 4.98 Å². The van der Waals surface area contributed by atoms with Gasteiger partial charge in [0.1, 0.15) is 4.21 Å². The maximum absolute atomic E-state index is 12.4. The van der Waals surface area contributed by atoms with Gasteiger partial charge < -0.3 is 5.73 Å². The second kappa shape index (κ2) is 6.45. The van der Waals surface area contributed by atoms with Crippen LogP contribution in [0.3, 0.4) is 0 Å². The molecule has 2 aromatic heterocycles. The predicted molar refractivity (Wildman–Crippen MR) is 80.0 cm³/mol. The summed E-state index contributed by atoms with van der Waals surface area (Å²) in [5.74, 6) is 0. The highest BCUT2D eigenvalue weighted by molar-refractivity contribution is 7.91. The van der Waals surface area contributed by atoms with Crippen molar-refractivity contribution in [2.75, 3.05) is 13.6 Å². The fraction of sp³-hybridized carbons (Fsp3) is 0.308. The molecule has 0 saturated carbocycles. The monoisotopic (exact) mass is 311 g/mol. The summed E-state index contributed by atoms with van der Waals surface area (Å²) in [5.41, 5.74) is 6.34. The molecule has 0 aliphatic heterocycles. The van der Waals surface area contributed by atoms with Crippen LogP contribution in [0.4, 0.5) is 0 Å². The van der Waals surface area contributed by atoms with Gasteiger partial charge in [0.15, 0.2) is 0 Å². The lowest BCUT2D eigenvalue weighted by molar-refractivity contribution is 0.468. The molecule has 0 amide bonds. The Balaban J connectivity index is 2.16. The van der Waals surface area contributed by atoms with Crippen LogP contribution >= 0.6 is 11.3 Å². The van der Waals surface area contributed by atoms with Gasteiger partial charge in [-0.05, 0) is 36.7 Å². The second-order valence-electron chi connectivity index (χ2n) is 4.38. The zero-order chi connectivity index (χ0) is 14.6. The number of sulfonamides is 1. The van der Waals surface area contributed by atoms with E-state index in [1.54, 1.807) is 31.6 Å². The van der Waals surface area contributed by atoms with Crippen molar-refractivity contribution in [2.24, 2.45) is 5.73 Å². The first kappa shape index (κ1) is 15.1. The van der Waals surface area contributed by atoms with Gasteiger partial charge in [0.05, 0.1) is 0 Å². The fourth-order valence-electron chi connectivity index (χ4n) is 1.76. The van der Waals surface area contributed by atoms with E-state index in [9.17, 15) is 8.42 Å². The smallest absolute Gasteiger partial charge is 0.252 e. The Morgan fingerprint density at radius 1 is 1.35 bits per heavy atom. The van der Waals surface area contributed by atoms with Crippen LogP contribution < -0.4 is 5.73 Å². The van der Waals surface area contributed by atoms with Crippen molar-refractivity contribution in [1.82, 2.24) is 9.29 Å². The molecule has 0 bridgehead atoms. The molecule has 2 N–H and O–H groups in total. The van der Waals surface area contributed by atoms with Gasteiger partial charge in [-0.1, -0.05) is 6.07 Å². The number of hydrogen-bond acceptors (Lipinski definition) is 5. The van der Waals surface area contributed by atoms with Crippen LogP contribution in [0.2, 0.25) is 0 Å². The Bertz CT molecular complexity index is 653. The highest BCUT2D eigenvalue weighted by atomic mass is 32.2. The van der Waals surface area contributed by atoms with Crippen LogP contribution in [-0.4, -0.2) is 31.3 Å². The van der Waals surface area contributed by atoms with E-state index in [1.165, 1.54) is 15.6 Å². The average molecular weight is 311 g/mol. The highest BCUT2D eigenvalue weighted by Crippen LogP contribution is 2.25. The minimum absolute atomic E-state index is 0.306. The first-order chi connectivity index (χ1) is 9.54. The highest BCUT2D eigenvalue weighted by Gasteiger charge is 2.22. The number of hydrogen-bond donors (Lipinski definition) is 1. The number of thiophene rings is 1. The van der Waals surface area contributed by atoms with E-state index in [0.717, 1.165) is 10.4 Å². The van der Waals surface area contributed by atoms with Gasteiger partial charge in [0.2, 0.25) is 0 Å². The van der Waals surface area contributed by atoms with Crippen LogP contribution in [0.1, 0.15) is 10.4 Å². The van der Waals surface area contributed by atoms with Gasteiger partial charge in [0.25, 0.3) is 10.0 Å². The number of nitrogens with two attached hydrogens (primary N) is 1. The summed E-state index contributed by atoms with van der Waals surface area (Å²) in [4.78, 5) is 4.98. The molecule has 20 heavy (non-hydrogen) atoms. The summed E-state index contributed by atoms with van der Waals surface area (Å²) in [6.07, 6.45) is 4.03. The Morgan fingerprint density at radius 2 is 2.15 bits per heavy atom. The van der Waals surface area contributed by atoms with E-state index < -0.39 is 10.0 Å². The standard InChI is InChI=1S/C13H17N3O2S2/c1-16(10-11-3-2-8-15-9-11)20(17,18)13-5-4-12(19-13)6-7-14/h2-5,8-9H,6-7,10,14H2,1H3. The van der Waals surface area contributed by atoms with E-state index in [2.05, 4.69) is 4.98 Å². The molecule has 7 heteroatoms. The molecule has 0 aromatic carbocycles. The zero-order valence-electron chi connectivity index (χ0n) is 11.2. The summed E-state index contributed by atoms with van der Waals surface area (Å²) in [5, 5.41) is 0. The van der Waals surface area contributed by atoms with Crippen molar-refractivity contribution < 1.29 is 8.42 Å². The summed E-state index contributed by atoms with van der Waals surface area (Å²) in [6, 6.07) is 7.11. The molecule has 2 aromatic rings. The minimum Gasteiger partial charge on any atom is -0.330 e. The molecule has 5 nitrogen and oxygen atoms in total. The van der Waals surface area contributed by atoms with Gasteiger partial charge in [0, 0.05) is 30.9 Å². The van der Waals surface area contributed by atoms with Gasteiger partial charge in [-0.25, -0.2) is 8.42 Å². The molecule has 0 radical (unpaired) electrons. The van der Waals surface area contributed by atoms with Gasteiger partial charge in [-0.2, -0.15) is 4.31 Å². The molecule has 0 spiro atoms. The van der Waals surface area contributed by atoms with Gasteiger partial charge >= 0.3 is 0 Å². The van der Waals surface area contributed by atoms with Crippen molar-refractivity contribution in [1.29, 1.82) is 0 Å². The molecule has 0 fully saturated rings. The number of rotatable bonds is 6.